The van der Waals surface area contributed by atoms with E-state index >= 15 is 0 Å². The Balaban J connectivity index is 2.76. The minimum Gasteiger partial charge on any atom is -0.319 e. The first-order valence-corrected chi connectivity index (χ1v) is 6.80. The topological polar surface area (TPSA) is 76.0 Å². The van der Waals surface area contributed by atoms with Crippen LogP contribution in [0.25, 0.3) is 0 Å². The normalized spacial score (nSPS) is 12.0. The SMILES string of the molecule is CNCCS(=O)(=O)Nc1ccnn1C(C)C. The van der Waals surface area contributed by atoms with Gasteiger partial charge < -0.3 is 5.32 Å². The number of aromatic nitrogens is 2. The molecule has 0 unspecified atom stereocenters. The van der Waals surface area contributed by atoms with Crippen LogP contribution in [0.5, 0.6) is 0 Å². The second-order valence-corrected chi connectivity index (χ2v) is 5.62. The quantitative estimate of drug-likeness (QED) is 0.763. The highest BCUT2D eigenvalue weighted by atomic mass is 32.2. The van der Waals surface area contributed by atoms with E-state index in [2.05, 4.69) is 15.1 Å². The van der Waals surface area contributed by atoms with Gasteiger partial charge >= 0.3 is 0 Å². The molecule has 0 radical (unpaired) electrons. The molecule has 1 aromatic heterocycles. The van der Waals surface area contributed by atoms with E-state index in [0.717, 1.165) is 0 Å². The predicted octanol–water partition coefficient (Wildman–Crippen LogP) is 0.425. The van der Waals surface area contributed by atoms with Crippen molar-refractivity contribution in [1.29, 1.82) is 0 Å². The average molecular weight is 246 g/mol. The molecule has 1 heterocycles. The summed E-state index contributed by atoms with van der Waals surface area (Å²) in [6.45, 7) is 4.31. The van der Waals surface area contributed by atoms with Crippen LogP contribution in [-0.4, -0.2) is 37.5 Å². The van der Waals surface area contributed by atoms with Crippen LogP contribution in [-0.2, 0) is 10.0 Å². The Morgan fingerprint density at radius 3 is 2.75 bits per heavy atom. The lowest BCUT2D eigenvalue weighted by Crippen LogP contribution is -2.25. The number of nitrogens with one attached hydrogen (secondary N) is 2. The fourth-order valence-corrected chi connectivity index (χ4v) is 2.31. The van der Waals surface area contributed by atoms with E-state index in [1.54, 1.807) is 24.0 Å². The van der Waals surface area contributed by atoms with E-state index in [0.29, 0.717) is 12.4 Å². The maximum absolute atomic E-state index is 11.6. The summed E-state index contributed by atoms with van der Waals surface area (Å²) in [4.78, 5) is 0. The van der Waals surface area contributed by atoms with Crippen molar-refractivity contribution in [2.75, 3.05) is 24.1 Å². The number of hydrogen-bond donors (Lipinski definition) is 2. The molecule has 16 heavy (non-hydrogen) atoms. The van der Waals surface area contributed by atoms with Crippen molar-refractivity contribution in [3.63, 3.8) is 0 Å². The Labute approximate surface area is 96.1 Å². The first-order valence-electron chi connectivity index (χ1n) is 5.15. The smallest absolute Gasteiger partial charge is 0.235 e. The Morgan fingerprint density at radius 2 is 2.19 bits per heavy atom. The molecule has 0 bridgehead atoms. The molecule has 1 aromatic rings. The van der Waals surface area contributed by atoms with Crippen LogP contribution in [0.3, 0.4) is 0 Å². The van der Waals surface area contributed by atoms with Crippen molar-refractivity contribution in [2.45, 2.75) is 19.9 Å². The molecule has 0 amide bonds. The van der Waals surface area contributed by atoms with Gasteiger partial charge in [0.1, 0.15) is 5.82 Å². The van der Waals surface area contributed by atoms with Gasteiger partial charge in [-0.3, -0.25) is 4.72 Å². The molecule has 92 valence electrons. The number of rotatable bonds is 6. The second-order valence-electron chi connectivity index (χ2n) is 3.78. The fraction of sp³-hybridized carbons (Fsp3) is 0.667. The number of nitrogens with zero attached hydrogens (tertiary/aromatic N) is 2. The standard InChI is InChI=1S/C9H18N4O2S/c1-8(2)13-9(4-5-11-13)12-16(14,15)7-6-10-3/h4-5,8,10,12H,6-7H2,1-3H3. The lowest BCUT2D eigenvalue weighted by Gasteiger charge is -2.12. The molecule has 7 heteroatoms. The summed E-state index contributed by atoms with van der Waals surface area (Å²) >= 11 is 0. The Bertz CT molecular complexity index is 424. The van der Waals surface area contributed by atoms with Gasteiger partial charge in [-0.25, -0.2) is 13.1 Å². The predicted molar refractivity (Wildman–Crippen MR) is 63.9 cm³/mol. The zero-order valence-corrected chi connectivity index (χ0v) is 10.6. The van der Waals surface area contributed by atoms with E-state index in [1.165, 1.54) is 0 Å². The van der Waals surface area contributed by atoms with Gasteiger partial charge in [0.25, 0.3) is 0 Å². The van der Waals surface area contributed by atoms with Crippen LogP contribution in [0.2, 0.25) is 0 Å². The molecule has 0 saturated carbocycles. The molecule has 2 N–H and O–H groups in total. The zero-order valence-electron chi connectivity index (χ0n) is 9.77. The van der Waals surface area contributed by atoms with Gasteiger partial charge in [0, 0.05) is 18.7 Å². The molecular weight excluding hydrogens is 228 g/mol. The molecule has 0 spiro atoms. The van der Waals surface area contributed by atoms with Gasteiger partial charge in [0.2, 0.25) is 10.0 Å². The molecule has 0 fully saturated rings. The molecule has 0 saturated heterocycles. The first kappa shape index (κ1) is 13.0. The van der Waals surface area contributed by atoms with Crippen LogP contribution in [0, 0.1) is 0 Å². The van der Waals surface area contributed by atoms with Gasteiger partial charge in [-0.05, 0) is 20.9 Å². The Morgan fingerprint density at radius 1 is 1.50 bits per heavy atom. The molecule has 6 nitrogen and oxygen atoms in total. The molecule has 0 atom stereocenters. The van der Waals surface area contributed by atoms with Gasteiger partial charge in [-0.15, -0.1) is 0 Å². The lowest BCUT2D eigenvalue weighted by atomic mass is 10.4. The van der Waals surface area contributed by atoms with Gasteiger partial charge in [0.15, 0.2) is 0 Å². The highest BCUT2D eigenvalue weighted by Gasteiger charge is 2.13. The van der Waals surface area contributed by atoms with Crippen molar-refractivity contribution in [3.05, 3.63) is 12.3 Å². The third-order valence-electron chi connectivity index (χ3n) is 2.04. The van der Waals surface area contributed by atoms with Crippen LogP contribution in [0.4, 0.5) is 5.82 Å². The fourth-order valence-electron chi connectivity index (χ4n) is 1.25. The maximum Gasteiger partial charge on any atom is 0.235 e. The molecule has 0 aliphatic carbocycles. The van der Waals surface area contributed by atoms with Gasteiger partial charge in [0.05, 0.1) is 11.9 Å². The first-order chi connectivity index (χ1) is 7.46. The van der Waals surface area contributed by atoms with E-state index in [-0.39, 0.29) is 11.8 Å². The Hall–Kier alpha value is -1.08. The maximum atomic E-state index is 11.6. The van der Waals surface area contributed by atoms with Crippen LogP contribution >= 0.6 is 0 Å². The highest BCUT2D eigenvalue weighted by Crippen LogP contribution is 2.14. The molecule has 0 aromatic carbocycles. The van der Waals surface area contributed by atoms with E-state index in [9.17, 15) is 8.42 Å². The van der Waals surface area contributed by atoms with Crippen LogP contribution in [0.15, 0.2) is 12.3 Å². The largest absolute Gasteiger partial charge is 0.319 e. The lowest BCUT2D eigenvalue weighted by molar-refractivity contribution is 0.539. The summed E-state index contributed by atoms with van der Waals surface area (Å²) in [5, 5.41) is 6.85. The average Bonchev–Trinajstić information content (AvgIpc) is 2.62. The minimum atomic E-state index is -3.30. The summed E-state index contributed by atoms with van der Waals surface area (Å²) in [5.74, 6) is 0.554. The van der Waals surface area contributed by atoms with Crippen molar-refractivity contribution >= 4 is 15.8 Å². The molecular formula is C9H18N4O2S. The van der Waals surface area contributed by atoms with E-state index in [1.807, 2.05) is 13.8 Å². The minimum absolute atomic E-state index is 0.0484. The number of anilines is 1. The van der Waals surface area contributed by atoms with Crippen molar-refractivity contribution < 1.29 is 8.42 Å². The van der Waals surface area contributed by atoms with E-state index < -0.39 is 10.0 Å². The number of hydrogen-bond acceptors (Lipinski definition) is 4. The molecule has 0 aliphatic rings. The van der Waals surface area contributed by atoms with Crippen molar-refractivity contribution in [1.82, 2.24) is 15.1 Å². The van der Waals surface area contributed by atoms with E-state index in [4.69, 9.17) is 0 Å². The third kappa shape index (κ3) is 3.49. The summed E-state index contributed by atoms with van der Waals surface area (Å²) in [5.41, 5.74) is 0. The molecule has 1 rings (SSSR count). The van der Waals surface area contributed by atoms with Crippen LogP contribution in [0.1, 0.15) is 19.9 Å². The van der Waals surface area contributed by atoms with Crippen molar-refractivity contribution in [3.8, 4) is 0 Å². The van der Waals surface area contributed by atoms with Crippen LogP contribution < -0.4 is 10.0 Å². The molecule has 0 aliphatic heterocycles. The van der Waals surface area contributed by atoms with Gasteiger partial charge in [-0.1, -0.05) is 0 Å². The monoisotopic (exact) mass is 246 g/mol. The number of sulfonamides is 1. The van der Waals surface area contributed by atoms with Crippen molar-refractivity contribution in [2.24, 2.45) is 0 Å². The Kier molecular flexibility index (Phi) is 4.31. The van der Waals surface area contributed by atoms with Gasteiger partial charge in [-0.2, -0.15) is 5.10 Å². The second kappa shape index (κ2) is 5.31. The highest BCUT2D eigenvalue weighted by molar-refractivity contribution is 7.92. The summed E-state index contributed by atoms with van der Waals surface area (Å²) in [7, 11) is -1.58. The summed E-state index contributed by atoms with van der Waals surface area (Å²) < 4.78 is 27.4. The summed E-state index contributed by atoms with van der Waals surface area (Å²) in [6, 6.07) is 1.77. The summed E-state index contributed by atoms with van der Waals surface area (Å²) in [6.07, 6.45) is 1.58. The third-order valence-corrected chi connectivity index (χ3v) is 3.30. The zero-order chi connectivity index (χ0) is 12.2.